The topological polar surface area (TPSA) is 128 Å². The van der Waals surface area contributed by atoms with Gasteiger partial charge in [-0.25, -0.2) is 22.6 Å². The van der Waals surface area contributed by atoms with E-state index >= 15 is 0 Å². The average Bonchev–Trinajstić information content (AvgIpc) is 3.05. The zero-order valence-electron chi connectivity index (χ0n) is 15.8. The molecule has 1 saturated heterocycles. The number of hydrogen-bond acceptors (Lipinski definition) is 7. The molecular weight excluding hydrogens is 415 g/mol. The maximum absolute atomic E-state index is 13.9. The summed E-state index contributed by atoms with van der Waals surface area (Å²) in [4.78, 5) is 6.78. The monoisotopic (exact) mass is 432 g/mol. The highest BCUT2D eigenvalue weighted by Gasteiger charge is 2.51. The first kappa shape index (κ1) is 21.6. The maximum Gasteiger partial charge on any atom is 0.245 e. The Bertz CT molecular complexity index is 1170. The number of hydrogen-bond donors (Lipinski definition) is 2. The molecule has 0 unspecified atom stereocenters. The lowest BCUT2D eigenvalue weighted by molar-refractivity contribution is -0.0641. The molecule has 156 valence electrons. The second-order valence-corrected chi connectivity index (χ2v) is 8.69. The number of aryl methyl sites for hydroxylation is 1. The third kappa shape index (κ3) is 3.84. The summed E-state index contributed by atoms with van der Waals surface area (Å²) in [6.45, 7) is 6.74. The Morgan fingerprint density at radius 3 is 2.77 bits per heavy atom. The molecule has 2 atom stereocenters. The van der Waals surface area contributed by atoms with Crippen LogP contribution in [0, 0.1) is 30.6 Å². The molecule has 1 fully saturated rings. The van der Waals surface area contributed by atoms with Crippen molar-refractivity contribution in [3.63, 3.8) is 0 Å². The van der Waals surface area contributed by atoms with E-state index < -0.39 is 40.7 Å². The van der Waals surface area contributed by atoms with Gasteiger partial charge in [0.1, 0.15) is 39.9 Å². The van der Waals surface area contributed by atoms with Crippen LogP contribution in [0.4, 0.5) is 10.1 Å². The van der Waals surface area contributed by atoms with Gasteiger partial charge in [0.2, 0.25) is 15.7 Å². The number of β-amino-alcohol motifs (C(OH)–C–C–N with tert-alkyl or cyclic N) is 1. The van der Waals surface area contributed by atoms with E-state index in [0.29, 0.717) is 0 Å². The minimum absolute atomic E-state index is 0.0211. The van der Waals surface area contributed by atoms with E-state index in [0.717, 1.165) is 10.4 Å². The third-order valence-corrected chi connectivity index (χ3v) is 6.73. The largest absolute Gasteiger partial charge is 0.486 e. The smallest absolute Gasteiger partial charge is 0.245 e. The van der Waals surface area contributed by atoms with Crippen LogP contribution in [-0.2, 0) is 10.0 Å². The van der Waals surface area contributed by atoms with Gasteiger partial charge in [-0.1, -0.05) is 0 Å². The lowest BCUT2D eigenvalue weighted by atomic mass is 10.0. The Morgan fingerprint density at radius 1 is 1.47 bits per heavy atom. The molecule has 0 spiro atoms. The van der Waals surface area contributed by atoms with Crippen molar-refractivity contribution in [2.45, 2.75) is 23.5 Å². The second kappa shape index (κ2) is 7.97. The van der Waals surface area contributed by atoms with Crippen molar-refractivity contribution in [1.29, 1.82) is 5.26 Å². The molecule has 0 radical (unpaired) electrons. The Morgan fingerprint density at radius 2 is 2.20 bits per heavy atom. The number of aliphatic hydroxyl groups excluding tert-OH is 1. The quantitative estimate of drug-likeness (QED) is 0.678. The van der Waals surface area contributed by atoms with Gasteiger partial charge in [0.25, 0.3) is 0 Å². The predicted octanol–water partition coefficient (Wildman–Crippen LogP) is 1.13. The van der Waals surface area contributed by atoms with Crippen molar-refractivity contribution in [2.75, 3.05) is 19.7 Å². The van der Waals surface area contributed by atoms with E-state index in [-0.39, 0.29) is 34.3 Å². The molecule has 1 aliphatic heterocycles. The maximum atomic E-state index is 13.9. The van der Waals surface area contributed by atoms with E-state index in [1.807, 2.05) is 6.07 Å². The van der Waals surface area contributed by atoms with Crippen molar-refractivity contribution in [2.24, 2.45) is 0 Å². The highest BCUT2D eigenvalue weighted by atomic mass is 32.2. The van der Waals surface area contributed by atoms with Crippen LogP contribution in [0.25, 0.3) is 4.85 Å². The molecule has 0 saturated carbocycles. The molecular formula is C19H17FN4O5S. The molecule has 1 aliphatic rings. The summed E-state index contributed by atoms with van der Waals surface area (Å²) in [7, 11) is -4.12. The minimum atomic E-state index is -4.12. The second-order valence-electron chi connectivity index (χ2n) is 6.78. The summed E-state index contributed by atoms with van der Waals surface area (Å²) in [5, 5.41) is 29.3. The molecule has 0 bridgehead atoms. The third-order valence-electron chi connectivity index (χ3n) is 4.78. The summed E-state index contributed by atoms with van der Waals surface area (Å²) in [5.41, 5.74) is -1.97. The van der Waals surface area contributed by atoms with Crippen LogP contribution in [0.15, 0.2) is 35.2 Å². The van der Waals surface area contributed by atoms with Crippen molar-refractivity contribution in [1.82, 2.24) is 9.29 Å². The van der Waals surface area contributed by atoms with Crippen molar-refractivity contribution >= 4 is 15.7 Å². The van der Waals surface area contributed by atoms with E-state index in [9.17, 15) is 23.0 Å². The lowest BCUT2D eigenvalue weighted by Crippen LogP contribution is -2.48. The summed E-state index contributed by atoms with van der Waals surface area (Å²) in [6, 6.07) is 7.82. The molecule has 11 heteroatoms. The van der Waals surface area contributed by atoms with Crippen LogP contribution < -0.4 is 4.74 Å². The van der Waals surface area contributed by atoms with E-state index in [4.69, 9.17) is 16.6 Å². The Labute approximate surface area is 172 Å². The first-order valence-corrected chi connectivity index (χ1v) is 10.1. The molecule has 0 aliphatic carbocycles. The van der Waals surface area contributed by atoms with Gasteiger partial charge in [0.15, 0.2) is 0 Å². The number of ether oxygens (including phenoxy) is 1. The van der Waals surface area contributed by atoms with E-state index in [1.165, 1.54) is 31.2 Å². The molecule has 3 rings (SSSR count). The van der Waals surface area contributed by atoms with E-state index in [2.05, 4.69) is 9.83 Å². The number of aliphatic hydroxyl groups is 2. The fraction of sp³-hybridized carbons (Fsp3) is 0.316. The molecule has 2 N–H and O–H groups in total. The van der Waals surface area contributed by atoms with Gasteiger partial charge in [-0.15, -0.1) is 0 Å². The van der Waals surface area contributed by atoms with Gasteiger partial charge < -0.3 is 14.9 Å². The molecule has 0 amide bonds. The first-order valence-electron chi connectivity index (χ1n) is 8.69. The number of nitrogens with zero attached hydrogens (tertiary/aromatic N) is 4. The highest BCUT2D eigenvalue weighted by Crippen LogP contribution is 2.32. The lowest BCUT2D eigenvalue weighted by Gasteiger charge is -2.27. The Balaban J connectivity index is 1.90. The highest BCUT2D eigenvalue weighted by molar-refractivity contribution is 7.89. The standard InChI is InChI=1S/C19H17FN4O5S/c1-12-17(6-3-13(8-21)23-12)30(27,28)24-9-18(19(26,10-24)11-25)29-14-4-5-16(22-2)15(20)7-14/h3-7,18,25-26H,9-11H2,1H3/t18-,19+/m0/s1. The van der Waals surface area contributed by atoms with Gasteiger partial charge in [-0.05, 0) is 31.2 Å². The zero-order valence-corrected chi connectivity index (χ0v) is 16.6. The van der Waals surface area contributed by atoms with Crippen molar-refractivity contribution in [3.8, 4) is 11.8 Å². The van der Waals surface area contributed by atoms with Gasteiger partial charge in [-0.2, -0.15) is 9.57 Å². The number of aromatic nitrogens is 1. The van der Waals surface area contributed by atoms with Gasteiger partial charge in [0, 0.05) is 12.6 Å². The van der Waals surface area contributed by atoms with Crippen LogP contribution >= 0.6 is 0 Å². The fourth-order valence-electron chi connectivity index (χ4n) is 3.15. The molecule has 1 aromatic carbocycles. The summed E-state index contributed by atoms with van der Waals surface area (Å²) < 4.78 is 46.5. The average molecular weight is 432 g/mol. The van der Waals surface area contributed by atoms with Crippen LogP contribution in [0.1, 0.15) is 11.4 Å². The van der Waals surface area contributed by atoms with Gasteiger partial charge >= 0.3 is 0 Å². The van der Waals surface area contributed by atoms with Gasteiger partial charge in [0.05, 0.1) is 25.4 Å². The Kier molecular flexibility index (Phi) is 5.74. The number of sulfonamides is 1. The van der Waals surface area contributed by atoms with Crippen LogP contribution in [0.2, 0.25) is 0 Å². The number of nitriles is 1. The normalized spacial score (nSPS) is 21.7. The first-order chi connectivity index (χ1) is 14.1. The van der Waals surface area contributed by atoms with Crippen LogP contribution in [-0.4, -0.2) is 59.3 Å². The van der Waals surface area contributed by atoms with E-state index in [1.54, 1.807) is 0 Å². The Hall–Kier alpha value is -3.09. The van der Waals surface area contributed by atoms with Crippen LogP contribution in [0.5, 0.6) is 5.75 Å². The molecule has 30 heavy (non-hydrogen) atoms. The summed E-state index contributed by atoms with van der Waals surface area (Å²) in [5.74, 6) is -0.843. The molecule has 1 aromatic heterocycles. The van der Waals surface area contributed by atoms with Crippen molar-refractivity contribution in [3.05, 3.63) is 59.0 Å². The molecule has 9 nitrogen and oxygen atoms in total. The molecule has 2 heterocycles. The molecule has 2 aromatic rings. The number of rotatable bonds is 5. The summed E-state index contributed by atoms with van der Waals surface area (Å²) in [6.07, 6.45) is -1.19. The number of pyridine rings is 1. The summed E-state index contributed by atoms with van der Waals surface area (Å²) >= 11 is 0. The van der Waals surface area contributed by atoms with Gasteiger partial charge in [-0.3, -0.25) is 0 Å². The fourth-order valence-corrected chi connectivity index (χ4v) is 4.81. The SMILES string of the molecule is [C-]#[N+]c1ccc(O[C@H]2CN(S(=O)(=O)c3ccc(C#N)nc3C)C[C@@]2(O)CO)cc1F. The number of benzene rings is 1. The zero-order chi connectivity index (χ0) is 22.1. The number of halogens is 1. The predicted molar refractivity (Wildman–Crippen MR) is 102 cm³/mol. The van der Waals surface area contributed by atoms with Crippen molar-refractivity contribution < 1.29 is 27.8 Å². The van der Waals surface area contributed by atoms with Crippen LogP contribution in [0.3, 0.4) is 0 Å². The minimum Gasteiger partial charge on any atom is -0.486 e.